The highest BCUT2D eigenvalue weighted by atomic mass is 35.5. The molecule has 2 aromatic rings. The van der Waals surface area contributed by atoms with Gasteiger partial charge >= 0.3 is 0 Å². The maximum Gasteiger partial charge on any atom is 0.222 e. The monoisotopic (exact) mass is 276 g/mol. The quantitative estimate of drug-likeness (QED) is 0.786. The molecule has 0 unspecified atom stereocenters. The number of pyridine rings is 2. The van der Waals surface area contributed by atoms with Crippen molar-refractivity contribution in [2.24, 2.45) is 0 Å². The van der Waals surface area contributed by atoms with Crippen LogP contribution < -0.4 is 4.74 Å². The molecule has 0 spiro atoms. The summed E-state index contributed by atoms with van der Waals surface area (Å²) in [7, 11) is 0. The van der Waals surface area contributed by atoms with E-state index in [1.165, 1.54) is 0 Å². The van der Waals surface area contributed by atoms with Crippen LogP contribution in [0, 0.1) is 13.8 Å². The molecule has 0 saturated heterocycles. The number of hydrogen-bond donors (Lipinski definition) is 0. The Hall–Kier alpha value is -1.61. The maximum absolute atomic E-state index is 5.87. The fourth-order valence-corrected chi connectivity index (χ4v) is 1.99. The molecule has 0 aliphatic carbocycles. The van der Waals surface area contributed by atoms with Crippen LogP contribution in [0.3, 0.4) is 0 Å². The molecule has 2 heterocycles. The third-order valence-electron chi connectivity index (χ3n) is 2.85. The number of nitrogens with zero attached hydrogens (tertiary/aromatic N) is 2. The van der Waals surface area contributed by atoms with Gasteiger partial charge < -0.3 is 4.74 Å². The maximum atomic E-state index is 5.87. The first-order valence-corrected chi connectivity index (χ1v) is 6.83. The fourth-order valence-electron chi connectivity index (χ4n) is 1.85. The van der Waals surface area contributed by atoms with Crippen molar-refractivity contribution >= 4 is 11.6 Å². The minimum absolute atomic E-state index is 0.459. The summed E-state index contributed by atoms with van der Waals surface area (Å²) in [5.74, 6) is 1.83. The molecule has 0 aromatic carbocycles. The van der Waals surface area contributed by atoms with Crippen molar-refractivity contribution in [1.29, 1.82) is 0 Å². The van der Waals surface area contributed by atoms with Crippen molar-refractivity contribution in [3.63, 3.8) is 0 Å². The predicted molar refractivity (Wildman–Crippen MR) is 77.0 cm³/mol. The number of ether oxygens (including phenoxy) is 1. The van der Waals surface area contributed by atoms with Gasteiger partial charge in [-0.25, -0.2) is 4.98 Å². The van der Waals surface area contributed by atoms with Gasteiger partial charge in [-0.3, -0.25) is 4.98 Å². The van der Waals surface area contributed by atoms with Gasteiger partial charge in [0, 0.05) is 23.3 Å². The average Bonchev–Trinajstić information content (AvgIpc) is 2.42. The summed E-state index contributed by atoms with van der Waals surface area (Å²) in [6, 6.07) is 5.87. The minimum atomic E-state index is 0.459. The summed E-state index contributed by atoms with van der Waals surface area (Å²) in [6.45, 7) is 6.00. The Kier molecular flexibility index (Phi) is 4.38. The molecule has 0 aliphatic heterocycles. The standard InChI is InChI=1S/C15H17ClN2O/c1-4-13-14(6-5-11(3)18-13)19-15-10(2)7-12(8-16)9-17-15/h5-7,9H,4,8H2,1-3H3. The van der Waals surface area contributed by atoms with Crippen LogP contribution in [0.5, 0.6) is 11.6 Å². The largest absolute Gasteiger partial charge is 0.437 e. The van der Waals surface area contributed by atoms with Crippen LogP contribution in [0.2, 0.25) is 0 Å². The lowest BCUT2D eigenvalue weighted by molar-refractivity contribution is 0.450. The van der Waals surface area contributed by atoms with Crippen LogP contribution in [-0.2, 0) is 12.3 Å². The van der Waals surface area contributed by atoms with E-state index < -0.39 is 0 Å². The van der Waals surface area contributed by atoms with E-state index in [2.05, 4.69) is 16.9 Å². The zero-order valence-electron chi connectivity index (χ0n) is 11.4. The average molecular weight is 277 g/mol. The molecule has 0 N–H and O–H groups in total. The second kappa shape index (κ2) is 6.02. The van der Waals surface area contributed by atoms with Crippen molar-refractivity contribution in [2.75, 3.05) is 0 Å². The number of aryl methyl sites for hydroxylation is 3. The summed E-state index contributed by atoms with van der Waals surface area (Å²) in [5, 5.41) is 0. The van der Waals surface area contributed by atoms with Crippen molar-refractivity contribution in [3.05, 3.63) is 46.9 Å². The predicted octanol–water partition coefficient (Wildman–Crippen LogP) is 4.19. The van der Waals surface area contributed by atoms with Gasteiger partial charge in [0.1, 0.15) is 0 Å². The van der Waals surface area contributed by atoms with Crippen molar-refractivity contribution in [3.8, 4) is 11.6 Å². The van der Waals surface area contributed by atoms with Crippen molar-refractivity contribution in [2.45, 2.75) is 33.1 Å². The molecule has 3 nitrogen and oxygen atoms in total. The summed E-state index contributed by atoms with van der Waals surface area (Å²) in [6.07, 6.45) is 2.57. The molecule has 0 radical (unpaired) electrons. The van der Waals surface area contributed by atoms with E-state index in [1.807, 2.05) is 32.0 Å². The molecule has 0 aliphatic rings. The second-order valence-electron chi connectivity index (χ2n) is 4.45. The molecule has 4 heteroatoms. The molecule has 2 rings (SSSR count). The Morgan fingerprint density at radius 3 is 2.68 bits per heavy atom. The van der Waals surface area contributed by atoms with E-state index in [4.69, 9.17) is 16.3 Å². The Labute approximate surface area is 118 Å². The Bertz CT molecular complexity index is 584. The molecule has 0 saturated carbocycles. The zero-order chi connectivity index (χ0) is 13.8. The van der Waals surface area contributed by atoms with Gasteiger partial charge in [0.2, 0.25) is 5.88 Å². The lowest BCUT2D eigenvalue weighted by Crippen LogP contribution is -1.98. The van der Waals surface area contributed by atoms with E-state index >= 15 is 0 Å². The summed E-state index contributed by atoms with van der Waals surface area (Å²) >= 11 is 5.79. The smallest absolute Gasteiger partial charge is 0.222 e. The van der Waals surface area contributed by atoms with Gasteiger partial charge in [0.15, 0.2) is 5.75 Å². The van der Waals surface area contributed by atoms with E-state index in [-0.39, 0.29) is 0 Å². The van der Waals surface area contributed by atoms with E-state index in [1.54, 1.807) is 6.20 Å². The lowest BCUT2D eigenvalue weighted by atomic mass is 10.2. The van der Waals surface area contributed by atoms with Gasteiger partial charge in [0.25, 0.3) is 0 Å². The molecule has 2 aromatic heterocycles. The lowest BCUT2D eigenvalue weighted by Gasteiger charge is -2.11. The normalized spacial score (nSPS) is 10.5. The number of alkyl halides is 1. The molecule has 19 heavy (non-hydrogen) atoms. The summed E-state index contributed by atoms with van der Waals surface area (Å²) < 4.78 is 5.87. The first kappa shape index (κ1) is 13.8. The first-order valence-electron chi connectivity index (χ1n) is 6.30. The van der Waals surface area contributed by atoms with Gasteiger partial charge in [-0.1, -0.05) is 6.92 Å². The highest BCUT2D eigenvalue weighted by Crippen LogP contribution is 2.26. The molecule has 0 atom stereocenters. The number of aromatic nitrogens is 2. The Morgan fingerprint density at radius 1 is 1.26 bits per heavy atom. The van der Waals surface area contributed by atoms with Crippen LogP contribution in [0.1, 0.15) is 29.4 Å². The first-order chi connectivity index (χ1) is 9.13. The summed E-state index contributed by atoms with van der Waals surface area (Å²) in [4.78, 5) is 8.79. The molecular weight excluding hydrogens is 260 g/mol. The Morgan fingerprint density at radius 2 is 2.05 bits per heavy atom. The fraction of sp³-hybridized carbons (Fsp3) is 0.333. The molecule has 0 fully saturated rings. The molecule has 100 valence electrons. The van der Waals surface area contributed by atoms with E-state index in [0.717, 1.165) is 34.7 Å². The minimum Gasteiger partial charge on any atom is -0.437 e. The van der Waals surface area contributed by atoms with Crippen molar-refractivity contribution in [1.82, 2.24) is 9.97 Å². The third kappa shape index (κ3) is 3.24. The van der Waals surface area contributed by atoms with Crippen LogP contribution >= 0.6 is 11.6 Å². The summed E-state index contributed by atoms with van der Waals surface area (Å²) in [5.41, 5.74) is 3.90. The number of rotatable bonds is 4. The highest BCUT2D eigenvalue weighted by molar-refractivity contribution is 6.17. The zero-order valence-corrected chi connectivity index (χ0v) is 12.2. The van der Waals surface area contributed by atoms with Crippen LogP contribution in [0.4, 0.5) is 0 Å². The van der Waals surface area contributed by atoms with Gasteiger partial charge in [-0.15, -0.1) is 11.6 Å². The molecule has 0 amide bonds. The van der Waals surface area contributed by atoms with Crippen LogP contribution in [-0.4, -0.2) is 9.97 Å². The van der Waals surface area contributed by atoms with Crippen LogP contribution in [0.15, 0.2) is 24.4 Å². The van der Waals surface area contributed by atoms with Gasteiger partial charge in [-0.2, -0.15) is 0 Å². The van der Waals surface area contributed by atoms with Crippen molar-refractivity contribution < 1.29 is 4.74 Å². The Balaban J connectivity index is 2.31. The van der Waals surface area contributed by atoms with E-state index in [0.29, 0.717) is 11.8 Å². The second-order valence-corrected chi connectivity index (χ2v) is 4.72. The molecule has 0 bridgehead atoms. The topological polar surface area (TPSA) is 35.0 Å². The SMILES string of the molecule is CCc1nc(C)ccc1Oc1ncc(CCl)cc1C. The number of halogens is 1. The van der Waals surface area contributed by atoms with Gasteiger partial charge in [0.05, 0.1) is 5.69 Å². The van der Waals surface area contributed by atoms with Gasteiger partial charge in [-0.05, 0) is 44.0 Å². The number of hydrogen-bond acceptors (Lipinski definition) is 3. The highest BCUT2D eigenvalue weighted by Gasteiger charge is 2.09. The van der Waals surface area contributed by atoms with E-state index in [9.17, 15) is 0 Å². The third-order valence-corrected chi connectivity index (χ3v) is 3.16. The molecular formula is C15H17ClN2O. The van der Waals surface area contributed by atoms with Crippen LogP contribution in [0.25, 0.3) is 0 Å².